The van der Waals surface area contributed by atoms with E-state index in [0.717, 1.165) is 30.4 Å². The highest BCUT2D eigenvalue weighted by molar-refractivity contribution is 9.10. The first kappa shape index (κ1) is 13.6. The molecule has 1 aliphatic rings. The van der Waals surface area contributed by atoms with Crippen molar-refractivity contribution < 1.29 is 4.79 Å². The molecule has 2 rings (SSSR count). The fraction of sp³-hybridized carbons (Fsp3) is 0.500. The van der Waals surface area contributed by atoms with Gasteiger partial charge in [0.05, 0.1) is 9.50 Å². The van der Waals surface area contributed by atoms with Crippen molar-refractivity contribution >= 4 is 39.3 Å². The molecule has 2 heterocycles. The fourth-order valence-corrected chi connectivity index (χ4v) is 2.74. The Bertz CT molecular complexity index is 435. The number of anilines is 1. The third-order valence-electron chi connectivity index (χ3n) is 2.90. The first-order valence-corrected chi connectivity index (χ1v) is 7.16. The highest BCUT2D eigenvalue weighted by atomic mass is 79.9. The third-order valence-corrected chi connectivity index (χ3v) is 3.71. The largest absolute Gasteiger partial charge is 0.369 e. The molecule has 1 aromatic heterocycles. The SMILES string of the molecule is O=C(CCNc1ncc(Cl)cc1Br)N1CCCC1. The van der Waals surface area contributed by atoms with Gasteiger partial charge in [0.2, 0.25) is 5.91 Å². The van der Waals surface area contributed by atoms with Gasteiger partial charge >= 0.3 is 0 Å². The molecule has 6 heteroatoms. The molecule has 1 saturated heterocycles. The summed E-state index contributed by atoms with van der Waals surface area (Å²) in [6, 6.07) is 1.78. The van der Waals surface area contributed by atoms with Crippen LogP contribution in [0.25, 0.3) is 0 Å². The Hall–Kier alpha value is -0.810. The van der Waals surface area contributed by atoms with Gasteiger partial charge in [0.1, 0.15) is 5.82 Å². The molecule has 4 nitrogen and oxygen atoms in total. The van der Waals surface area contributed by atoms with Gasteiger partial charge in [0.25, 0.3) is 0 Å². The Morgan fingerprint density at radius 2 is 2.22 bits per heavy atom. The lowest BCUT2D eigenvalue weighted by Crippen LogP contribution is -2.29. The van der Waals surface area contributed by atoms with Gasteiger partial charge in [-0.05, 0) is 34.8 Å². The van der Waals surface area contributed by atoms with Crippen molar-refractivity contribution in [3.05, 3.63) is 21.8 Å². The Morgan fingerprint density at radius 1 is 1.50 bits per heavy atom. The van der Waals surface area contributed by atoms with Crippen LogP contribution in [-0.4, -0.2) is 35.4 Å². The van der Waals surface area contributed by atoms with Crippen LogP contribution in [0, 0.1) is 0 Å². The van der Waals surface area contributed by atoms with Crippen LogP contribution in [0.5, 0.6) is 0 Å². The summed E-state index contributed by atoms with van der Waals surface area (Å²) in [5.41, 5.74) is 0. The van der Waals surface area contributed by atoms with Crippen LogP contribution >= 0.6 is 27.5 Å². The summed E-state index contributed by atoms with van der Waals surface area (Å²) in [5.74, 6) is 0.929. The van der Waals surface area contributed by atoms with Crippen molar-refractivity contribution in [3.63, 3.8) is 0 Å². The molecule has 0 aliphatic carbocycles. The molecule has 0 spiro atoms. The number of hydrogen-bond acceptors (Lipinski definition) is 3. The molecule has 0 unspecified atom stereocenters. The van der Waals surface area contributed by atoms with Gasteiger partial charge in [0, 0.05) is 32.3 Å². The highest BCUT2D eigenvalue weighted by Crippen LogP contribution is 2.23. The maximum Gasteiger partial charge on any atom is 0.224 e. The molecule has 1 aliphatic heterocycles. The molecule has 0 bridgehead atoms. The molecular weight excluding hydrogens is 318 g/mol. The summed E-state index contributed by atoms with van der Waals surface area (Å²) in [6.07, 6.45) is 4.33. The van der Waals surface area contributed by atoms with Crippen LogP contribution in [-0.2, 0) is 4.79 Å². The average Bonchev–Trinajstić information content (AvgIpc) is 2.85. The molecule has 0 aromatic carbocycles. The Labute approximate surface area is 120 Å². The lowest BCUT2D eigenvalue weighted by atomic mass is 10.3. The highest BCUT2D eigenvalue weighted by Gasteiger charge is 2.17. The molecular formula is C12H15BrClN3O. The van der Waals surface area contributed by atoms with E-state index < -0.39 is 0 Å². The van der Waals surface area contributed by atoms with E-state index in [-0.39, 0.29) is 5.91 Å². The number of rotatable bonds is 4. The van der Waals surface area contributed by atoms with Crippen LogP contribution < -0.4 is 5.32 Å². The van der Waals surface area contributed by atoms with E-state index >= 15 is 0 Å². The van der Waals surface area contributed by atoms with Crippen LogP contribution in [0.1, 0.15) is 19.3 Å². The Kier molecular flexibility index (Phi) is 4.83. The van der Waals surface area contributed by atoms with Crippen molar-refractivity contribution in [1.29, 1.82) is 0 Å². The van der Waals surface area contributed by atoms with Crippen molar-refractivity contribution in [2.75, 3.05) is 25.0 Å². The van der Waals surface area contributed by atoms with E-state index in [0.29, 0.717) is 23.8 Å². The number of amides is 1. The van der Waals surface area contributed by atoms with Crippen LogP contribution in [0.3, 0.4) is 0 Å². The van der Waals surface area contributed by atoms with Gasteiger partial charge in [-0.25, -0.2) is 4.98 Å². The predicted octanol–water partition coefficient (Wildman–Crippen LogP) is 2.92. The minimum absolute atomic E-state index is 0.213. The van der Waals surface area contributed by atoms with E-state index in [2.05, 4.69) is 26.2 Å². The molecule has 0 radical (unpaired) electrons. The minimum atomic E-state index is 0.213. The van der Waals surface area contributed by atoms with E-state index in [1.165, 1.54) is 0 Å². The second-order valence-electron chi connectivity index (χ2n) is 4.25. The average molecular weight is 333 g/mol. The Balaban J connectivity index is 1.79. The van der Waals surface area contributed by atoms with Gasteiger partial charge < -0.3 is 10.2 Å². The summed E-state index contributed by atoms with van der Waals surface area (Å²) in [5, 5.41) is 3.71. The fourth-order valence-electron chi connectivity index (χ4n) is 1.96. The molecule has 18 heavy (non-hydrogen) atoms. The number of nitrogens with one attached hydrogen (secondary N) is 1. The number of carbonyl (C=O) groups is 1. The maximum absolute atomic E-state index is 11.8. The van der Waals surface area contributed by atoms with Crippen molar-refractivity contribution in [2.24, 2.45) is 0 Å². The number of aromatic nitrogens is 1. The van der Waals surface area contributed by atoms with E-state index in [1.807, 2.05) is 4.90 Å². The lowest BCUT2D eigenvalue weighted by Gasteiger charge is -2.15. The first-order chi connectivity index (χ1) is 8.66. The zero-order chi connectivity index (χ0) is 13.0. The summed E-state index contributed by atoms with van der Waals surface area (Å²) >= 11 is 9.18. The topological polar surface area (TPSA) is 45.2 Å². The molecule has 1 fully saturated rings. The van der Waals surface area contributed by atoms with E-state index in [9.17, 15) is 4.79 Å². The molecule has 98 valence electrons. The standard InChI is InChI=1S/C12H15BrClN3O/c13-10-7-9(14)8-16-12(10)15-4-3-11(18)17-5-1-2-6-17/h7-8H,1-6H2,(H,15,16). The molecule has 0 saturated carbocycles. The number of nitrogens with zero attached hydrogens (tertiary/aromatic N) is 2. The molecule has 0 atom stereocenters. The van der Waals surface area contributed by atoms with Gasteiger partial charge in [-0.2, -0.15) is 0 Å². The third kappa shape index (κ3) is 3.59. The lowest BCUT2D eigenvalue weighted by molar-refractivity contribution is -0.129. The van der Waals surface area contributed by atoms with Crippen LogP contribution in [0.2, 0.25) is 5.02 Å². The first-order valence-electron chi connectivity index (χ1n) is 5.99. The van der Waals surface area contributed by atoms with Gasteiger partial charge in [-0.1, -0.05) is 11.6 Å². The van der Waals surface area contributed by atoms with Crippen LogP contribution in [0.15, 0.2) is 16.7 Å². The second kappa shape index (κ2) is 6.38. The number of hydrogen-bond donors (Lipinski definition) is 1. The smallest absolute Gasteiger partial charge is 0.224 e. The second-order valence-corrected chi connectivity index (χ2v) is 5.54. The van der Waals surface area contributed by atoms with Crippen molar-refractivity contribution in [1.82, 2.24) is 9.88 Å². The summed E-state index contributed by atoms with van der Waals surface area (Å²) < 4.78 is 0.809. The maximum atomic E-state index is 11.8. The molecule has 1 N–H and O–H groups in total. The summed E-state index contributed by atoms with van der Waals surface area (Å²) in [7, 11) is 0. The van der Waals surface area contributed by atoms with Crippen LogP contribution in [0.4, 0.5) is 5.82 Å². The number of likely N-dealkylation sites (tertiary alicyclic amines) is 1. The zero-order valence-corrected chi connectivity index (χ0v) is 12.3. The van der Waals surface area contributed by atoms with E-state index in [4.69, 9.17) is 11.6 Å². The monoisotopic (exact) mass is 331 g/mol. The minimum Gasteiger partial charge on any atom is -0.369 e. The predicted molar refractivity (Wildman–Crippen MR) is 75.9 cm³/mol. The summed E-state index contributed by atoms with van der Waals surface area (Å²) in [4.78, 5) is 17.9. The van der Waals surface area contributed by atoms with Gasteiger partial charge in [-0.15, -0.1) is 0 Å². The van der Waals surface area contributed by atoms with Gasteiger partial charge in [0.15, 0.2) is 0 Å². The number of carbonyl (C=O) groups excluding carboxylic acids is 1. The van der Waals surface area contributed by atoms with Gasteiger partial charge in [-0.3, -0.25) is 4.79 Å². The van der Waals surface area contributed by atoms with E-state index in [1.54, 1.807) is 12.3 Å². The number of halogens is 2. The molecule has 1 amide bonds. The van der Waals surface area contributed by atoms with Crippen molar-refractivity contribution in [3.8, 4) is 0 Å². The summed E-state index contributed by atoms with van der Waals surface area (Å²) in [6.45, 7) is 2.39. The Morgan fingerprint density at radius 3 is 2.89 bits per heavy atom. The number of pyridine rings is 1. The molecule has 1 aromatic rings. The zero-order valence-electron chi connectivity index (χ0n) is 9.96. The van der Waals surface area contributed by atoms with Crippen molar-refractivity contribution in [2.45, 2.75) is 19.3 Å². The quantitative estimate of drug-likeness (QED) is 0.922. The normalized spacial score (nSPS) is 14.9.